The number of aromatic nitrogens is 2. The minimum Gasteiger partial charge on any atom is -0.480 e. The molecule has 0 radical (unpaired) electrons. The molecule has 0 amide bonds. The largest absolute Gasteiger partial charge is 0.480 e. The average Bonchev–Trinajstić information content (AvgIpc) is 2.18. The second-order valence-corrected chi connectivity index (χ2v) is 3.12. The van der Waals surface area contributed by atoms with Crippen LogP contribution in [0.2, 0.25) is 0 Å². The number of hydrogen-bond acceptors (Lipinski definition) is 4. The van der Waals surface area contributed by atoms with Crippen LogP contribution in [0, 0.1) is 0 Å². The number of H-pyrrole nitrogens is 1. The van der Waals surface area contributed by atoms with Gasteiger partial charge in [-0.2, -0.15) is 0 Å². The lowest BCUT2D eigenvalue weighted by molar-refractivity contribution is -0.138. The van der Waals surface area contributed by atoms with Crippen molar-refractivity contribution in [2.75, 3.05) is 11.9 Å². The maximum Gasteiger partial charge on any atom is 0.326 e. The van der Waals surface area contributed by atoms with E-state index in [2.05, 4.69) is 9.97 Å². The quantitative estimate of drug-likeness (QED) is 0.736. The molecule has 1 unspecified atom stereocenters. The van der Waals surface area contributed by atoms with E-state index in [-0.39, 0.29) is 11.4 Å². The van der Waals surface area contributed by atoms with Gasteiger partial charge in [-0.1, -0.05) is 6.92 Å². The number of carbonyl (C=O) groups is 1. The SMILES string of the molecule is CCC(C(=O)O)N(C)c1ncc[nH]c1=O. The van der Waals surface area contributed by atoms with Crippen LogP contribution in [-0.4, -0.2) is 34.1 Å². The number of aliphatic carboxylic acids is 1. The van der Waals surface area contributed by atoms with Crippen LogP contribution in [0.4, 0.5) is 5.82 Å². The van der Waals surface area contributed by atoms with Crippen LogP contribution in [0.25, 0.3) is 0 Å². The van der Waals surface area contributed by atoms with Crippen molar-refractivity contribution < 1.29 is 9.90 Å². The van der Waals surface area contributed by atoms with Crippen molar-refractivity contribution >= 4 is 11.8 Å². The number of carboxylic acids is 1. The van der Waals surface area contributed by atoms with E-state index in [0.717, 1.165) is 0 Å². The van der Waals surface area contributed by atoms with Gasteiger partial charge >= 0.3 is 5.97 Å². The fourth-order valence-corrected chi connectivity index (χ4v) is 1.36. The van der Waals surface area contributed by atoms with Crippen LogP contribution in [0.3, 0.4) is 0 Å². The normalized spacial score (nSPS) is 12.1. The minimum absolute atomic E-state index is 0.117. The van der Waals surface area contributed by atoms with Crippen molar-refractivity contribution in [1.29, 1.82) is 0 Å². The van der Waals surface area contributed by atoms with E-state index in [1.54, 1.807) is 14.0 Å². The number of hydrogen-bond donors (Lipinski definition) is 2. The molecule has 6 heteroatoms. The summed E-state index contributed by atoms with van der Waals surface area (Å²) in [5, 5.41) is 8.91. The van der Waals surface area contributed by atoms with Gasteiger partial charge in [0.25, 0.3) is 5.56 Å². The number of likely N-dealkylation sites (N-methyl/N-ethyl adjacent to an activating group) is 1. The van der Waals surface area contributed by atoms with Crippen LogP contribution in [0.15, 0.2) is 17.2 Å². The third-order valence-corrected chi connectivity index (χ3v) is 2.16. The molecule has 0 saturated carbocycles. The zero-order chi connectivity index (χ0) is 11.4. The monoisotopic (exact) mass is 211 g/mol. The highest BCUT2D eigenvalue weighted by atomic mass is 16.4. The van der Waals surface area contributed by atoms with E-state index in [9.17, 15) is 9.59 Å². The first kappa shape index (κ1) is 11.2. The number of carboxylic acid groups (broad SMARTS) is 1. The maximum atomic E-state index is 11.4. The molecular formula is C9H13N3O3. The van der Waals surface area contributed by atoms with E-state index < -0.39 is 12.0 Å². The molecule has 82 valence electrons. The van der Waals surface area contributed by atoms with Crippen LogP contribution >= 0.6 is 0 Å². The highest BCUT2D eigenvalue weighted by Gasteiger charge is 2.23. The van der Waals surface area contributed by atoms with Gasteiger partial charge in [-0.25, -0.2) is 9.78 Å². The Bertz CT molecular complexity index is 402. The van der Waals surface area contributed by atoms with E-state index in [1.165, 1.54) is 17.3 Å². The molecule has 0 aromatic carbocycles. The van der Waals surface area contributed by atoms with Gasteiger partial charge in [0.2, 0.25) is 0 Å². The lowest BCUT2D eigenvalue weighted by Gasteiger charge is -2.23. The molecule has 1 aromatic heterocycles. The second-order valence-electron chi connectivity index (χ2n) is 3.12. The molecule has 0 saturated heterocycles. The van der Waals surface area contributed by atoms with E-state index in [1.807, 2.05) is 0 Å². The number of anilines is 1. The van der Waals surface area contributed by atoms with Crippen molar-refractivity contribution in [2.24, 2.45) is 0 Å². The van der Waals surface area contributed by atoms with Gasteiger partial charge in [-0.3, -0.25) is 4.79 Å². The fourth-order valence-electron chi connectivity index (χ4n) is 1.36. The topological polar surface area (TPSA) is 86.3 Å². The van der Waals surface area contributed by atoms with Gasteiger partial charge in [0, 0.05) is 19.4 Å². The molecule has 1 rings (SSSR count). The molecule has 0 spiro atoms. The molecule has 0 aliphatic heterocycles. The Labute approximate surface area is 86.6 Å². The van der Waals surface area contributed by atoms with E-state index in [0.29, 0.717) is 6.42 Å². The van der Waals surface area contributed by atoms with E-state index in [4.69, 9.17) is 5.11 Å². The van der Waals surface area contributed by atoms with Crippen molar-refractivity contribution in [2.45, 2.75) is 19.4 Å². The lowest BCUT2D eigenvalue weighted by Crippen LogP contribution is -2.41. The molecule has 1 heterocycles. The lowest BCUT2D eigenvalue weighted by atomic mass is 10.2. The summed E-state index contributed by atoms with van der Waals surface area (Å²) in [4.78, 5) is 29.9. The molecule has 6 nitrogen and oxygen atoms in total. The Kier molecular flexibility index (Phi) is 3.43. The number of nitrogens with zero attached hydrogens (tertiary/aromatic N) is 2. The molecule has 0 bridgehead atoms. The summed E-state index contributed by atoms with van der Waals surface area (Å²) in [7, 11) is 1.54. The summed E-state index contributed by atoms with van der Waals surface area (Å²) in [6, 6.07) is -0.735. The number of rotatable bonds is 4. The zero-order valence-corrected chi connectivity index (χ0v) is 8.60. The highest BCUT2D eigenvalue weighted by molar-refractivity contribution is 5.77. The van der Waals surface area contributed by atoms with Gasteiger partial charge in [0.1, 0.15) is 6.04 Å². The van der Waals surface area contributed by atoms with Gasteiger partial charge in [-0.05, 0) is 6.42 Å². The Morgan fingerprint density at radius 1 is 1.73 bits per heavy atom. The Hall–Kier alpha value is -1.85. The number of aromatic amines is 1. The molecule has 0 fully saturated rings. The standard InChI is InChI=1S/C9H13N3O3/c1-3-6(9(14)15)12(2)7-8(13)11-5-4-10-7/h4-6H,3H2,1-2H3,(H,11,13)(H,14,15). The predicted octanol–water partition coefficient (Wildman–Crippen LogP) is 0.0693. The first-order chi connectivity index (χ1) is 7.07. The van der Waals surface area contributed by atoms with Crippen LogP contribution in [0.5, 0.6) is 0 Å². The zero-order valence-electron chi connectivity index (χ0n) is 8.60. The van der Waals surface area contributed by atoms with Crippen molar-refractivity contribution in [1.82, 2.24) is 9.97 Å². The molecule has 1 aromatic rings. The van der Waals surface area contributed by atoms with Crippen LogP contribution in [0.1, 0.15) is 13.3 Å². The molecule has 2 N–H and O–H groups in total. The third-order valence-electron chi connectivity index (χ3n) is 2.16. The van der Waals surface area contributed by atoms with E-state index >= 15 is 0 Å². The summed E-state index contributed by atoms with van der Waals surface area (Å²) in [5.74, 6) is -0.850. The Balaban J connectivity index is 3.03. The Morgan fingerprint density at radius 3 is 2.87 bits per heavy atom. The summed E-state index contributed by atoms with van der Waals surface area (Å²) in [6.07, 6.45) is 3.23. The van der Waals surface area contributed by atoms with Gasteiger partial charge < -0.3 is 15.0 Å². The smallest absolute Gasteiger partial charge is 0.326 e. The Morgan fingerprint density at radius 2 is 2.40 bits per heavy atom. The maximum absolute atomic E-state index is 11.4. The number of nitrogens with one attached hydrogen (secondary N) is 1. The average molecular weight is 211 g/mol. The predicted molar refractivity (Wildman–Crippen MR) is 55.0 cm³/mol. The van der Waals surface area contributed by atoms with Gasteiger partial charge in [-0.15, -0.1) is 0 Å². The first-order valence-corrected chi connectivity index (χ1v) is 4.57. The van der Waals surface area contributed by atoms with Gasteiger partial charge in [0.15, 0.2) is 5.82 Å². The van der Waals surface area contributed by atoms with Gasteiger partial charge in [0.05, 0.1) is 0 Å². The first-order valence-electron chi connectivity index (χ1n) is 4.57. The van der Waals surface area contributed by atoms with Crippen LogP contribution in [-0.2, 0) is 4.79 Å². The third kappa shape index (κ3) is 2.34. The summed E-state index contributed by atoms with van der Waals surface area (Å²) in [6.45, 7) is 1.74. The molecule has 1 atom stereocenters. The van der Waals surface area contributed by atoms with Crippen molar-refractivity contribution in [3.63, 3.8) is 0 Å². The molecule has 0 aliphatic rings. The summed E-state index contributed by atoms with van der Waals surface area (Å²) in [5.41, 5.74) is -0.389. The minimum atomic E-state index is -0.968. The molecule has 15 heavy (non-hydrogen) atoms. The molecular weight excluding hydrogens is 198 g/mol. The van der Waals surface area contributed by atoms with Crippen molar-refractivity contribution in [3.05, 3.63) is 22.7 Å². The van der Waals surface area contributed by atoms with Crippen molar-refractivity contribution in [3.8, 4) is 0 Å². The second kappa shape index (κ2) is 4.59. The van der Waals surface area contributed by atoms with Crippen LogP contribution < -0.4 is 10.5 Å². The summed E-state index contributed by atoms with van der Waals surface area (Å²) >= 11 is 0. The fraction of sp³-hybridized carbons (Fsp3) is 0.444. The summed E-state index contributed by atoms with van der Waals surface area (Å²) < 4.78 is 0. The molecule has 0 aliphatic carbocycles. The highest BCUT2D eigenvalue weighted by Crippen LogP contribution is 2.08.